The number of rotatable bonds is 9. The first-order chi connectivity index (χ1) is 17.8. The smallest absolute Gasteiger partial charge is 0.416 e. The Morgan fingerprint density at radius 2 is 1.70 bits per heavy atom. The van der Waals surface area contributed by atoms with E-state index in [2.05, 4.69) is 28.7 Å². The van der Waals surface area contributed by atoms with E-state index < -0.39 is 17.6 Å². The van der Waals surface area contributed by atoms with Crippen LogP contribution in [0.3, 0.4) is 0 Å². The second kappa shape index (κ2) is 11.6. The average Bonchev–Trinajstić information content (AvgIpc) is 2.88. The summed E-state index contributed by atoms with van der Waals surface area (Å²) in [7, 11) is 0. The molecule has 4 aromatic rings. The van der Waals surface area contributed by atoms with Crippen LogP contribution in [0, 0.1) is 0 Å². The Morgan fingerprint density at radius 3 is 2.51 bits per heavy atom. The number of nitrogens with one attached hydrogen (secondary N) is 1. The molecule has 0 unspecified atom stereocenters. The van der Waals surface area contributed by atoms with Crippen LogP contribution in [-0.4, -0.2) is 18.7 Å². The normalized spacial score (nSPS) is 11.6. The molecule has 0 saturated carbocycles. The number of carbonyl (C=O) groups is 1. The lowest BCUT2D eigenvalue weighted by Gasteiger charge is -2.13. The van der Waals surface area contributed by atoms with Crippen molar-refractivity contribution >= 4 is 22.9 Å². The molecule has 0 bridgehead atoms. The van der Waals surface area contributed by atoms with Gasteiger partial charge in [0.05, 0.1) is 24.8 Å². The summed E-state index contributed by atoms with van der Waals surface area (Å²) >= 11 is 0. The van der Waals surface area contributed by atoms with Gasteiger partial charge in [-0.2, -0.15) is 18.3 Å². The van der Waals surface area contributed by atoms with Crippen LogP contribution in [0.25, 0.3) is 10.8 Å². The SMILES string of the molecule is CCOc1cc(/C=N\NC(=O)Cc2cccc(C(F)(F)F)c2)ccc1OCc1cccc2ccccc12. The van der Waals surface area contributed by atoms with E-state index in [1.54, 1.807) is 18.2 Å². The zero-order valence-electron chi connectivity index (χ0n) is 20.1. The monoisotopic (exact) mass is 506 g/mol. The van der Waals surface area contributed by atoms with Gasteiger partial charge in [-0.1, -0.05) is 60.7 Å². The number of hydrogen-bond acceptors (Lipinski definition) is 4. The van der Waals surface area contributed by atoms with Crippen LogP contribution in [0.5, 0.6) is 11.5 Å². The Balaban J connectivity index is 1.39. The molecule has 0 atom stereocenters. The lowest BCUT2D eigenvalue weighted by molar-refractivity contribution is -0.137. The standard InChI is InChI=1S/C29H25F3N2O3/c1-2-36-27-16-21(18-33-34-28(35)17-20-7-5-11-24(15-20)29(30,31)32)13-14-26(27)37-19-23-10-6-9-22-8-3-4-12-25(22)23/h3-16,18H,2,17,19H2,1H3,(H,34,35)/b33-18-. The summed E-state index contributed by atoms with van der Waals surface area (Å²) in [6.07, 6.45) is -3.26. The lowest BCUT2D eigenvalue weighted by Crippen LogP contribution is -2.20. The van der Waals surface area contributed by atoms with E-state index in [4.69, 9.17) is 9.47 Å². The Morgan fingerprint density at radius 1 is 0.919 bits per heavy atom. The summed E-state index contributed by atoms with van der Waals surface area (Å²) in [4.78, 5) is 12.1. The van der Waals surface area contributed by atoms with Crippen molar-refractivity contribution in [1.29, 1.82) is 0 Å². The van der Waals surface area contributed by atoms with Gasteiger partial charge in [0, 0.05) is 0 Å². The highest BCUT2D eigenvalue weighted by molar-refractivity contribution is 5.86. The van der Waals surface area contributed by atoms with Gasteiger partial charge in [0.25, 0.3) is 0 Å². The Labute approximate surface area is 212 Å². The van der Waals surface area contributed by atoms with E-state index in [0.717, 1.165) is 28.5 Å². The molecule has 5 nitrogen and oxygen atoms in total. The van der Waals surface area contributed by atoms with Crippen LogP contribution in [0.2, 0.25) is 0 Å². The number of alkyl halides is 3. The highest BCUT2D eigenvalue weighted by Crippen LogP contribution is 2.31. The topological polar surface area (TPSA) is 59.9 Å². The molecule has 1 N–H and O–H groups in total. The molecule has 190 valence electrons. The fourth-order valence-corrected chi connectivity index (χ4v) is 3.83. The van der Waals surface area contributed by atoms with Crippen LogP contribution in [0.1, 0.15) is 29.2 Å². The molecule has 1 amide bonds. The van der Waals surface area contributed by atoms with Crippen molar-refractivity contribution in [2.24, 2.45) is 5.10 Å². The molecular formula is C29H25F3N2O3. The van der Waals surface area contributed by atoms with E-state index in [-0.39, 0.29) is 12.0 Å². The third kappa shape index (κ3) is 6.88. The van der Waals surface area contributed by atoms with Gasteiger partial charge >= 0.3 is 6.18 Å². The van der Waals surface area contributed by atoms with Gasteiger partial charge in [0.2, 0.25) is 5.91 Å². The van der Waals surface area contributed by atoms with Crippen molar-refractivity contribution < 1.29 is 27.4 Å². The first-order valence-corrected chi connectivity index (χ1v) is 11.7. The van der Waals surface area contributed by atoms with Crippen LogP contribution >= 0.6 is 0 Å². The number of ether oxygens (including phenoxy) is 2. The minimum Gasteiger partial charge on any atom is -0.490 e. The first-order valence-electron chi connectivity index (χ1n) is 11.7. The molecule has 0 aliphatic rings. The van der Waals surface area contributed by atoms with Crippen LogP contribution in [0.4, 0.5) is 13.2 Å². The minimum atomic E-state index is -4.46. The number of fused-ring (bicyclic) bond motifs is 1. The number of hydrazone groups is 1. The summed E-state index contributed by atoms with van der Waals surface area (Å²) in [5.41, 5.74) is 3.49. The van der Waals surface area contributed by atoms with Crippen LogP contribution in [0.15, 0.2) is 90.0 Å². The third-order valence-electron chi connectivity index (χ3n) is 5.55. The molecule has 8 heteroatoms. The Bertz CT molecular complexity index is 1410. The predicted octanol–water partition coefficient (Wildman–Crippen LogP) is 6.53. The van der Waals surface area contributed by atoms with E-state index in [9.17, 15) is 18.0 Å². The molecule has 0 saturated heterocycles. The summed E-state index contributed by atoms with van der Waals surface area (Å²) in [6, 6.07) is 24.1. The van der Waals surface area contributed by atoms with Crippen molar-refractivity contribution in [2.75, 3.05) is 6.61 Å². The molecule has 0 aromatic heterocycles. The number of nitrogens with zero attached hydrogens (tertiary/aromatic N) is 1. The van der Waals surface area contributed by atoms with Gasteiger partial charge in [-0.25, -0.2) is 5.43 Å². The van der Waals surface area contributed by atoms with Gasteiger partial charge in [-0.15, -0.1) is 0 Å². The number of carbonyl (C=O) groups excluding carboxylic acids is 1. The van der Waals surface area contributed by atoms with Gasteiger partial charge in [0.15, 0.2) is 11.5 Å². The average molecular weight is 507 g/mol. The Hall–Kier alpha value is -4.33. The molecule has 37 heavy (non-hydrogen) atoms. The van der Waals surface area contributed by atoms with Gasteiger partial charge in [0.1, 0.15) is 6.61 Å². The summed E-state index contributed by atoms with van der Waals surface area (Å²) in [5, 5.41) is 6.18. The van der Waals surface area contributed by atoms with Crippen molar-refractivity contribution in [3.05, 3.63) is 107 Å². The highest BCUT2D eigenvalue weighted by Gasteiger charge is 2.30. The maximum Gasteiger partial charge on any atom is 0.416 e. The maximum absolute atomic E-state index is 12.9. The lowest BCUT2D eigenvalue weighted by atomic mass is 10.1. The van der Waals surface area contributed by atoms with E-state index in [1.807, 2.05) is 31.2 Å². The molecule has 0 aliphatic carbocycles. The van der Waals surface area contributed by atoms with Crippen molar-refractivity contribution in [2.45, 2.75) is 26.1 Å². The first kappa shape index (κ1) is 25.8. The molecule has 4 aromatic carbocycles. The second-order valence-electron chi connectivity index (χ2n) is 8.23. The third-order valence-corrected chi connectivity index (χ3v) is 5.55. The fraction of sp³-hybridized carbons (Fsp3) is 0.172. The number of benzene rings is 4. The Kier molecular flexibility index (Phi) is 8.08. The van der Waals surface area contributed by atoms with E-state index in [1.165, 1.54) is 18.3 Å². The largest absolute Gasteiger partial charge is 0.490 e. The van der Waals surface area contributed by atoms with Crippen molar-refractivity contribution in [1.82, 2.24) is 5.43 Å². The molecule has 0 radical (unpaired) electrons. The molecule has 0 fully saturated rings. The molecule has 0 aliphatic heterocycles. The summed E-state index contributed by atoms with van der Waals surface area (Å²) in [5.74, 6) is 0.568. The second-order valence-corrected chi connectivity index (χ2v) is 8.23. The number of halogens is 3. The van der Waals surface area contributed by atoms with Crippen LogP contribution < -0.4 is 14.9 Å². The molecule has 4 rings (SSSR count). The van der Waals surface area contributed by atoms with E-state index in [0.29, 0.717) is 30.3 Å². The van der Waals surface area contributed by atoms with E-state index >= 15 is 0 Å². The molecular weight excluding hydrogens is 481 g/mol. The van der Waals surface area contributed by atoms with Gasteiger partial charge in [-0.3, -0.25) is 4.79 Å². The number of hydrogen-bond donors (Lipinski definition) is 1. The van der Waals surface area contributed by atoms with Crippen LogP contribution in [-0.2, 0) is 24.0 Å². The molecule has 0 spiro atoms. The quantitative estimate of drug-likeness (QED) is 0.207. The zero-order valence-corrected chi connectivity index (χ0v) is 20.1. The van der Waals surface area contributed by atoms with Gasteiger partial charge < -0.3 is 9.47 Å². The minimum absolute atomic E-state index is 0.230. The van der Waals surface area contributed by atoms with Crippen molar-refractivity contribution in [3.63, 3.8) is 0 Å². The zero-order chi connectivity index (χ0) is 26.3. The fourth-order valence-electron chi connectivity index (χ4n) is 3.83. The summed E-state index contributed by atoms with van der Waals surface area (Å²) in [6.45, 7) is 2.66. The van der Waals surface area contributed by atoms with Gasteiger partial charge in [-0.05, 0) is 58.7 Å². The maximum atomic E-state index is 12.9. The highest BCUT2D eigenvalue weighted by atomic mass is 19.4. The van der Waals surface area contributed by atoms with Crippen molar-refractivity contribution in [3.8, 4) is 11.5 Å². The summed E-state index contributed by atoms with van der Waals surface area (Å²) < 4.78 is 50.4. The molecule has 0 heterocycles. The predicted molar refractivity (Wildman–Crippen MR) is 137 cm³/mol. The number of amides is 1.